The van der Waals surface area contributed by atoms with E-state index in [0.717, 1.165) is 28.5 Å². The van der Waals surface area contributed by atoms with E-state index >= 15 is 0 Å². The first-order chi connectivity index (χ1) is 12.5. The number of hydrogen-bond donors (Lipinski definition) is 2. The Morgan fingerprint density at radius 3 is 2.65 bits per heavy atom. The Morgan fingerprint density at radius 2 is 2.08 bits per heavy atom. The van der Waals surface area contributed by atoms with Gasteiger partial charge in [0.05, 0.1) is 19.4 Å². The molecule has 0 bridgehead atoms. The van der Waals surface area contributed by atoms with Gasteiger partial charge in [-0.05, 0) is 32.9 Å². The molecule has 1 unspecified atom stereocenters. The highest BCUT2D eigenvalue weighted by Gasteiger charge is 2.16. The van der Waals surface area contributed by atoms with E-state index in [4.69, 9.17) is 14.0 Å². The number of guanidine groups is 1. The van der Waals surface area contributed by atoms with Crippen LogP contribution in [0.2, 0.25) is 0 Å². The fraction of sp³-hybridized carbons (Fsp3) is 0.474. The van der Waals surface area contributed by atoms with Crippen LogP contribution in [-0.4, -0.2) is 38.4 Å². The molecule has 1 aromatic heterocycles. The maximum absolute atomic E-state index is 5.54. The number of nitrogens with one attached hydrogen (secondary N) is 2. The van der Waals surface area contributed by atoms with Gasteiger partial charge in [-0.25, -0.2) is 0 Å². The van der Waals surface area contributed by atoms with Gasteiger partial charge in [0.25, 0.3) is 0 Å². The summed E-state index contributed by atoms with van der Waals surface area (Å²) in [5, 5.41) is 10.6. The van der Waals surface area contributed by atoms with Gasteiger partial charge in [0.15, 0.2) is 17.5 Å². The third kappa shape index (κ3) is 4.68. The topological polar surface area (TPSA) is 80.9 Å². The van der Waals surface area contributed by atoms with Crippen molar-refractivity contribution < 1.29 is 14.0 Å². The summed E-state index contributed by atoms with van der Waals surface area (Å²) in [4.78, 5) is 4.28. The van der Waals surface area contributed by atoms with Crippen molar-refractivity contribution in [3.8, 4) is 11.5 Å². The van der Waals surface area contributed by atoms with Gasteiger partial charge in [-0.2, -0.15) is 0 Å². The molecule has 1 heterocycles. The predicted molar refractivity (Wildman–Crippen MR) is 104 cm³/mol. The molecule has 1 atom stereocenters. The molecule has 2 aromatic rings. The number of anilines is 1. The van der Waals surface area contributed by atoms with Crippen LogP contribution in [0, 0.1) is 13.8 Å². The van der Waals surface area contributed by atoms with Crippen LogP contribution in [0.1, 0.15) is 36.8 Å². The van der Waals surface area contributed by atoms with Crippen molar-refractivity contribution in [2.45, 2.75) is 33.6 Å². The van der Waals surface area contributed by atoms with Gasteiger partial charge in [-0.1, -0.05) is 12.1 Å². The van der Waals surface area contributed by atoms with Gasteiger partial charge in [-0.15, -0.1) is 0 Å². The second-order valence-corrected chi connectivity index (χ2v) is 6.02. The summed E-state index contributed by atoms with van der Waals surface area (Å²) >= 11 is 0. The largest absolute Gasteiger partial charge is 0.493 e. The van der Waals surface area contributed by atoms with E-state index in [-0.39, 0.29) is 5.92 Å². The van der Waals surface area contributed by atoms with Crippen molar-refractivity contribution in [2.24, 2.45) is 4.99 Å². The summed E-state index contributed by atoms with van der Waals surface area (Å²) in [7, 11) is 3.36. The lowest BCUT2D eigenvalue weighted by Crippen LogP contribution is -2.33. The quantitative estimate of drug-likeness (QED) is 0.581. The van der Waals surface area contributed by atoms with Crippen LogP contribution >= 0.6 is 0 Å². The van der Waals surface area contributed by atoms with Crippen molar-refractivity contribution in [2.75, 3.05) is 32.6 Å². The van der Waals surface area contributed by atoms with E-state index in [1.54, 1.807) is 14.2 Å². The van der Waals surface area contributed by atoms with Gasteiger partial charge in [0.2, 0.25) is 0 Å². The van der Waals surface area contributed by atoms with Gasteiger partial charge >= 0.3 is 0 Å². The van der Waals surface area contributed by atoms with Crippen molar-refractivity contribution >= 4 is 11.6 Å². The third-order valence-electron chi connectivity index (χ3n) is 4.11. The fourth-order valence-electron chi connectivity index (χ4n) is 2.88. The highest BCUT2D eigenvalue weighted by Crippen LogP contribution is 2.30. The molecule has 7 heteroatoms. The van der Waals surface area contributed by atoms with Gasteiger partial charge < -0.3 is 24.6 Å². The van der Waals surface area contributed by atoms with Crippen LogP contribution < -0.4 is 20.1 Å². The van der Waals surface area contributed by atoms with Gasteiger partial charge in [0.1, 0.15) is 5.76 Å². The molecule has 0 aliphatic heterocycles. The Kier molecular flexibility index (Phi) is 6.89. The van der Waals surface area contributed by atoms with Crippen molar-refractivity contribution in [1.29, 1.82) is 0 Å². The van der Waals surface area contributed by atoms with E-state index in [9.17, 15) is 0 Å². The summed E-state index contributed by atoms with van der Waals surface area (Å²) in [5.41, 5.74) is 2.93. The second kappa shape index (κ2) is 9.12. The molecule has 0 spiro atoms. The van der Waals surface area contributed by atoms with E-state index in [2.05, 4.69) is 27.7 Å². The Morgan fingerprint density at radius 1 is 1.31 bits per heavy atom. The number of nitrogens with zero attached hydrogens (tertiary/aromatic N) is 2. The molecule has 2 N–H and O–H groups in total. The maximum atomic E-state index is 5.54. The zero-order valence-electron chi connectivity index (χ0n) is 16.3. The van der Waals surface area contributed by atoms with E-state index in [1.165, 1.54) is 0 Å². The molecule has 7 nitrogen and oxygen atoms in total. The van der Waals surface area contributed by atoms with Crippen LogP contribution in [-0.2, 0) is 0 Å². The number of rotatable bonds is 7. The number of methoxy groups -OCH3 is 1. The average molecular weight is 360 g/mol. The van der Waals surface area contributed by atoms with Crippen molar-refractivity contribution in [1.82, 2.24) is 10.5 Å². The minimum Gasteiger partial charge on any atom is -0.493 e. The number of benzene rings is 1. The van der Waals surface area contributed by atoms with Crippen LogP contribution in [0.25, 0.3) is 0 Å². The van der Waals surface area contributed by atoms with Gasteiger partial charge in [0, 0.05) is 36.8 Å². The lowest BCUT2D eigenvalue weighted by molar-refractivity contribution is 0.311. The lowest BCUT2D eigenvalue weighted by Gasteiger charge is -2.17. The maximum Gasteiger partial charge on any atom is 0.195 e. The molecule has 142 valence electrons. The van der Waals surface area contributed by atoms with E-state index in [0.29, 0.717) is 24.9 Å². The number of aromatic nitrogens is 1. The Labute approximate surface area is 154 Å². The summed E-state index contributed by atoms with van der Waals surface area (Å²) in [6.07, 6.45) is 0. The lowest BCUT2D eigenvalue weighted by atomic mass is 10.00. The number of aryl methyl sites for hydroxylation is 2. The molecule has 1 aromatic carbocycles. The molecule has 0 fully saturated rings. The molecular weight excluding hydrogens is 332 g/mol. The molecule has 2 rings (SSSR count). The summed E-state index contributed by atoms with van der Waals surface area (Å²) in [6, 6.07) is 5.69. The summed E-state index contributed by atoms with van der Waals surface area (Å²) < 4.78 is 16.2. The summed E-state index contributed by atoms with van der Waals surface area (Å²) in [6.45, 7) is 9.26. The van der Waals surface area contributed by atoms with Crippen molar-refractivity contribution in [3.63, 3.8) is 0 Å². The standard InChI is InChI=1S/C19H28N4O3/c1-7-25-16-9-8-15(10-17(16)24-6)22-19(20-5)21-11-12(2)18-13(3)23-26-14(18)4/h8-10,12H,7,11H2,1-6H3,(H2,20,21,22). The molecule has 0 radical (unpaired) electrons. The normalized spacial score (nSPS) is 12.6. The smallest absolute Gasteiger partial charge is 0.195 e. The second-order valence-electron chi connectivity index (χ2n) is 6.02. The molecular formula is C19H28N4O3. The van der Waals surface area contributed by atoms with Crippen LogP contribution in [0.4, 0.5) is 5.69 Å². The molecule has 0 saturated heterocycles. The molecule has 0 aliphatic carbocycles. The Hall–Kier alpha value is -2.70. The molecule has 0 saturated carbocycles. The number of aliphatic imine (C=N–C) groups is 1. The van der Waals surface area contributed by atoms with E-state index < -0.39 is 0 Å². The van der Waals surface area contributed by atoms with E-state index in [1.807, 2.05) is 39.0 Å². The minimum absolute atomic E-state index is 0.245. The fourth-order valence-corrected chi connectivity index (χ4v) is 2.88. The zero-order valence-corrected chi connectivity index (χ0v) is 16.3. The van der Waals surface area contributed by atoms with Gasteiger partial charge in [-0.3, -0.25) is 4.99 Å². The highest BCUT2D eigenvalue weighted by atomic mass is 16.5. The van der Waals surface area contributed by atoms with Crippen LogP contribution in [0.5, 0.6) is 11.5 Å². The molecule has 0 amide bonds. The first-order valence-corrected chi connectivity index (χ1v) is 8.71. The first-order valence-electron chi connectivity index (χ1n) is 8.71. The highest BCUT2D eigenvalue weighted by molar-refractivity contribution is 5.93. The zero-order chi connectivity index (χ0) is 19.1. The molecule has 26 heavy (non-hydrogen) atoms. The first kappa shape index (κ1) is 19.6. The average Bonchev–Trinajstić information content (AvgIpc) is 2.98. The van der Waals surface area contributed by atoms with Crippen LogP contribution in [0.15, 0.2) is 27.7 Å². The number of ether oxygens (including phenoxy) is 2. The Balaban J connectivity index is 2.01. The Bertz CT molecular complexity index is 736. The monoisotopic (exact) mass is 360 g/mol. The number of hydrogen-bond acceptors (Lipinski definition) is 5. The minimum atomic E-state index is 0.245. The third-order valence-corrected chi connectivity index (χ3v) is 4.11. The summed E-state index contributed by atoms with van der Waals surface area (Å²) in [5.74, 6) is 3.17. The molecule has 0 aliphatic rings. The SMILES string of the molecule is CCOc1ccc(NC(=NC)NCC(C)c2c(C)noc2C)cc1OC. The predicted octanol–water partition coefficient (Wildman–Crippen LogP) is 3.49. The van der Waals surface area contributed by atoms with Crippen LogP contribution in [0.3, 0.4) is 0 Å². The van der Waals surface area contributed by atoms with Crippen molar-refractivity contribution in [3.05, 3.63) is 35.2 Å².